The Bertz CT molecular complexity index is 658. The lowest BCUT2D eigenvalue weighted by atomic mass is 9.91. The van der Waals surface area contributed by atoms with Gasteiger partial charge in [-0.15, -0.1) is 0 Å². The number of nitrogens with zero attached hydrogens (tertiary/aromatic N) is 4. The number of hydrogen-bond acceptors (Lipinski definition) is 3. The Balaban J connectivity index is 1.94. The van der Waals surface area contributed by atoms with Crippen molar-refractivity contribution in [3.05, 3.63) is 24.2 Å². The highest BCUT2D eigenvalue weighted by Gasteiger charge is 2.27. The van der Waals surface area contributed by atoms with Gasteiger partial charge in [0.1, 0.15) is 11.3 Å². The summed E-state index contributed by atoms with van der Waals surface area (Å²) in [5.41, 5.74) is 2.34. The zero-order valence-corrected chi connectivity index (χ0v) is 15.2. The summed E-state index contributed by atoms with van der Waals surface area (Å²) >= 11 is 0. The lowest BCUT2D eigenvalue weighted by Crippen LogP contribution is -2.39. The van der Waals surface area contributed by atoms with Gasteiger partial charge in [-0.1, -0.05) is 20.8 Å². The van der Waals surface area contributed by atoms with Gasteiger partial charge < -0.3 is 9.47 Å². The molecule has 4 heteroatoms. The zero-order chi connectivity index (χ0) is 16.6. The Morgan fingerprint density at radius 1 is 1.22 bits per heavy atom. The normalized spacial score (nSPS) is 18.2. The van der Waals surface area contributed by atoms with E-state index in [4.69, 9.17) is 4.98 Å². The van der Waals surface area contributed by atoms with Crippen LogP contribution in [0.15, 0.2) is 18.3 Å². The molecule has 3 rings (SSSR count). The molecule has 0 radical (unpaired) electrons. The van der Waals surface area contributed by atoms with Crippen molar-refractivity contribution in [3.8, 4) is 0 Å². The maximum absolute atomic E-state index is 4.91. The van der Waals surface area contributed by atoms with E-state index in [0.29, 0.717) is 12.1 Å². The van der Waals surface area contributed by atoms with Crippen LogP contribution >= 0.6 is 0 Å². The van der Waals surface area contributed by atoms with Gasteiger partial charge in [0.2, 0.25) is 0 Å². The van der Waals surface area contributed by atoms with Crippen LogP contribution in [0.3, 0.4) is 0 Å². The quantitative estimate of drug-likeness (QED) is 0.856. The Morgan fingerprint density at radius 3 is 2.52 bits per heavy atom. The molecule has 126 valence electrons. The highest BCUT2D eigenvalue weighted by molar-refractivity contribution is 5.71. The largest absolute Gasteiger partial charge is 0.309 e. The van der Waals surface area contributed by atoms with Crippen LogP contribution in [0.5, 0.6) is 0 Å². The zero-order valence-electron chi connectivity index (χ0n) is 15.2. The van der Waals surface area contributed by atoms with Gasteiger partial charge in [0, 0.05) is 37.8 Å². The fourth-order valence-corrected chi connectivity index (χ4v) is 3.62. The minimum atomic E-state index is 0.234. The van der Waals surface area contributed by atoms with Crippen LogP contribution < -0.4 is 0 Å². The Kier molecular flexibility index (Phi) is 4.45. The molecule has 0 aromatic carbocycles. The van der Waals surface area contributed by atoms with Crippen LogP contribution in [0, 0.1) is 5.41 Å². The van der Waals surface area contributed by atoms with Crippen molar-refractivity contribution in [2.75, 3.05) is 13.1 Å². The molecule has 0 saturated carbocycles. The number of fused-ring (bicyclic) bond motifs is 1. The second-order valence-corrected chi connectivity index (χ2v) is 8.34. The summed E-state index contributed by atoms with van der Waals surface area (Å²) in [5.74, 6) is 1.20. The van der Waals surface area contributed by atoms with E-state index in [1.165, 1.54) is 31.8 Å². The van der Waals surface area contributed by atoms with Crippen molar-refractivity contribution in [1.29, 1.82) is 0 Å². The summed E-state index contributed by atoms with van der Waals surface area (Å²) in [4.78, 5) is 12.1. The van der Waals surface area contributed by atoms with E-state index in [1.54, 1.807) is 0 Å². The molecule has 2 aromatic heterocycles. The van der Waals surface area contributed by atoms with Crippen LogP contribution in [-0.4, -0.2) is 38.6 Å². The van der Waals surface area contributed by atoms with Gasteiger partial charge in [0.05, 0.1) is 0 Å². The van der Waals surface area contributed by atoms with Gasteiger partial charge in [0.15, 0.2) is 5.65 Å². The minimum absolute atomic E-state index is 0.234. The molecule has 4 nitrogen and oxygen atoms in total. The van der Waals surface area contributed by atoms with E-state index in [-0.39, 0.29) is 5.41 Å². The Morgan fingerprint density at radius 2 is 1.91 bits per heavy atom. The summed E-state index contributed by atoms with van der Waals surface area (Å²) in [6.07, 6.45) is 5.27. The van der Waals surface area contributed by atoms with Crippen LogP contribution in [-0.2, 0) is 6.42 Å². The van der Waals surface area contributed by atoms with E-state index in [1.807, 2.05) is 12.3 Å². The van der Waals surface area contributed by atoms with E-state index in [9.17, 15) is 0 Å². The van der Waals surface area contributed by atoms with Crippen LogP contribution in [0.4, 0.5) is 0 Å². The molecule has 1 aliphatic heterocycles. The van der Waals surface area contributed by atoms with Gasteiger partial charge in [-0.25, -0.2) is 9.97 Å². The van der Waals surface area contributed by atoms with Gasteiger partial charge in [-0.05, 0) is 44.2 Å². The van der Waals surface area contributed by atoms with Gasteiger partial charge in [0.25, 0.3) is 0 Å². The first-order valence-electron chi connectivity index (χ1n) is 8.91. The number of piperidine rings is 1. The van der Waals surface area contributed by atoms with E-state index >= 15 is 0 Å². The van der Waals surface area contributed by atoms with Crippen molar-refractivity contribution in [2.24, 2.45) is 5.41 Å². The Labute approximate surface area is 139 Å². The maximum atomic E-state index is 4.91. The minimum Gasteiger partial charge on any atom is -0.309 e. The van der Waals surface area contributed by atoms with Crippen molar-refractivity contribution < 1.29 is 0 Å². The van der Waals surface area contributed by atoms with E-state index < -0.39 is 0 Å². The second-order valence-electron chi connectivity index (χ2n) is 8.34. The average molecular weight is 314 g/mol. The molecule has 3 heterocycles. The van der Waals surface area contributed by atoms with Gasteiger partial charge in [-0.3, -0.25) is 0 Å². The maximum Gasteiger partial charge on any atom is 0.160 e. The third kappa shape index (κ3) is 3.57. The smallest absolute Gasteiger partial charge is 0.160 e. The Hall–Kier alpha value is -1.42. The molecule has 23 heavy (non-hydrogen) atoms. The monoisotopic (exact) mass is 314 g/mol. The lowest BCUT2D eigenvalue weighted by Gasteiger charge is -2.36. The lowest BCUT2D eigenvalue weighted by molar-refractivity contribution is 0.151. The highest BCUT2D eigenvalue weighted by Crippen LogP contribution is 2.31. The predicted octanol–water partition coefficient (Wildman–Crippen LogP) is 4.07. The van der Waals surface area contributed by atoms with Crippen molar-refractivity contribution >= 4 is 11.2 Å². The molecule has 0 spiro atoms. The number of pyridine rings is 1. The third-order valence-electron chi connectivity index (χ3n) is 4.80. The molecule has 1 saturated heterocycles. The van der Waals surface area contributed by atoms with Gasteiger partial charge >= 0.3 is 0 Å². The molecule has 0 atom stereocenters. The van der Waals surface area contributed by atoms with E-state index in [0.717, 1.165) is 17.6 Å². The molecule has 0 N–H and O–H groups in total. The molecule has 0 aliphatic carbocycles. The first-order valence-corrected chi connectivity index (χ1v) is 8.91. The van der Waals surface area contributed by atoms with Crippen LogP contribution in [0.1, 0.15) is 59.3 Å². The standard InChI is InChI=1S/C19H30N4/c1-14(2)22-11-8-15(9-12-22)23-17(13-19(3,4)5)21-16-7-6-10-20-18(16)23/h6-7,10,14-15H,8-9,11-13H2,1-5H3. The highest BCUT2D eigenvalue weighted by atomic mass is 15.2. The number of imidazole rings is 1. The van der Waals surface area contributed by atoms with Crippen molar-refractivity contribution in [2.45, 2.75) is 66.0 Å². The predicted molar refractivity (Wildman–Crippen MR) is 95.7 cm³/mol. The summed E-state index contributed by atoms with van der Waals surface area (Å²) < 4.78 is 2.44. The number of aromatic nitrogens is 3. The number of hydrogen-bond donors (Lipinski definition) is 0. The summed E-state index contributed by atoms with van der Waals surface area (Å²) in [5, 5.41) is 0. The van der Waals surface area contributed by atoms with Crippen LogP contribution in [0.2, 0.25) is 0 Å². The fourth-order valence-electron chi connectivity index (χ4n) is 3.62. The third-order valence-corrected chi connectivity index (χ3v) is 4.80. The molecule has 2 aromatic rings. The first-order chi connectivity index (χ1) is 10.8. The molecule has 1 fully saturated rings. The summed E-state index contributed by atoms with van der Waals surface area (Å²) in [6, 6.07) is 5.25. The topological polar surface area (TPSA) is 34.0 Å². The molecule has 0 amide bonds. The number of likely N-dealkylation sites (tertiary alicyclic amines) is 1. The number of rotatable bonds is 3. The molecule has 0 bridgehead atoms. The van der Waals surface area contributed by atoms with Crippen molar-refractivity contribution in [1.82, 2.24) is 19.4 Å². The van der Waals surface area contributed by atoms with E-state index in [2.05, 4.69) is 55.1 Å². The fraction of sp³-hybridized carbons (Fsp3) is 0.684. The summed E-state index contributed by atoms with van der Waals surface area (Å²) in [7, 11) is 0. The molecule has 0 unspecified atom stereocenters. The summed E-state index contributed by atoms with van der Waals surface area (Å²) in [6.45, 7) is 13.8. The molecular formula is C19H30N4. The molecular weight excluding hydrogens is 284 g/mol. The first kappa shape index (κ1) is 16.4. The molecule has 1 aliphatic rings. The average Bonchev–Trinajstić information content (AvgIpc) is 2.82. The van der Waals surface area contributed by atoms with Crippen molar-refractivity contribution in [3.63, 3.8) is 0 Å². The van der Waals surface area contributed by atoms with Gasteiger partial charge in [-0.2, -0.15) is 0 Å². The van der Waals surface area contributed by atoms with Crippen LogP contribution in [0.25, 0.3) is 11.2 Å². The SMILES string of the molecule is CC(C)N1CCC(n2c(CC(C)(C)C)nc3cccnc32)CC1. The second kappa shape index (κ2) is 6.23.